The van der Waals surface area contributed by atoms with Gasteiger partial charge in [-0.05, 0) is 60.2 Å². The molecule has 0 atom stereocenters. The number of amides is 1. The zero-order chi connectivity index (χ0) is 26.4. The number of methoxy groups -OCH3 is 2. The third-order valence-corrected chi connectivity index (χ3v) is 6.12. The van der Waals surface area contributed by atoms with E-state index in [0.717, 1.165) is 11.1 Å². The molecule has 1 N–H and O–H groups in total. The number of nitrogens with one attached hydrogen (secondary N) is 1. The maximum Gasteiger partial charge on any atom is 0.266 e. The van der Waals surface area contributed by atoms with Gasteiger partial charge in [0.25, 0.3) is 5.91 Å². The molecule has 0 saturated heterocycles. The first-order chi connectivity index (χ1) is 17.9. The van der Waals surface area contributed by atoms with E-state index in [9.17, 15) is 10.1 Å². The molecule has 4 aromatic rings. The second-order valence-electron chi connectivity index (χ2n) is 7.92. The second-order valence-corrected chi connectivity index (χ2v) is 8.77. The van der Waals surface area contributed by atoms with Gasteiger partial charge in [-0.15, -0.1) is 0 Å². The van der Waals surface area contributed by atoms with Gasteiger partial charge in [-0.25, -0.2) is 0 Å². The molecule has 0 aliphatic heterocycles. The Hall–Kier alpha value is -4.25. The van der Waals surface area contributed by atoms with Crippen LogP contribution in [0.2, 0.25) is 10.0 Å². The van der Waals surface area contributed by atoms with Crippen LogP contribution in [0.3, 0.4) is 0 Å². The molecule has 186 valence electrons. The SMILES string of the molecule is COc1ccc(-c2nn(Cc3ccccc3Cl)cc2/C=C(\C#N)C(=O)Nc2ccc(Cl)cc2)cc1OC. The standard InChI is InChI=1S/C28H22Cl2N4O3/c1-36-25-12-7-18(14-26(25)37-2)27-21(17-34(33-27)16-19-5-3-4-6-24(19)30)13-20(15-31)28(35)32-23-10-8-22(29)9-11-23/h3-14,17H,16H2,1-2H3,(H,32,35)/b20-13+. The van der Waals surface area contributed by atoms with Crippen molar-refractivity contribution >= 4 is 40.9 Å². The van der Waals surface area contributed by atoms with Crippen LogP contribution in [-0.2, 0) is 11.3 Å². The normalized spacial score (nSPS) is 11.1. The summed E-state index contributed by atoms with van der Waals surface area (Å²) in [6.07, 6.45) is 3.27. The van der Waals surface area contributed by atoms with Crippen LogP contribution in [0.25, 0.3) is 17.3 Å². The molecule has 1 amide bonds. The molecule has 1 heterocycles. The Morgan fingerprint density at radius 2 is 1.78 bits per heavy atom. The number of halogens is 2. The highest BCUT2D eigenvalue weighted by molar-refractivity contribution is 6.31. The Morgan fingerprint density at radius 3 is 2.46 bits per heavy atom. The van der Waals surface area contributed by atoms with E-state index in [-0.39, 0.29) is 5.57 Å². The Morgan fingerprint density at radius 1 is 1.05 bits per heavy atom. The molecule has 0 fully saturated rings. The third-order valence-electron chi connectivity index (χ3n) is 5.50. The lowest BCUT2D eigenvalue weighted by Gasteiger charge is -2.09. The van der Waals surface area contributed by atoms with Gasteiger partial charge in [-0.2, -0.15) is 10.4 Å². The van der Waals surface area contributed by atoms with E-state index in [1.165, 1.54) is 6.08 Å². The van der Waals surface area contributed by atoms with E-state index < -0.39 is 5.91 Å². The van der Waals surface area contributed by atoms with Crippen LogP contribution in [0.5, 0.6) is 11.5 Å². The first kappa shape index (κ1) is 25.8. The molecule has 0 bridgehead atoms. The number of hydrogen-bond acceptors (Lipinski definition) is 5. The minimum atomic E-state index is -0.554. The largest absolute Gasteiger partial charge is 0.493 e. The molecule has 9 heteroatoms. The van der Waals surface area contributed by atoms with Crippen molar-refractivity contribution in [3.8, 4) is 28.8 Å². The van der Waals surface area contributed by atoms with Gasteiger partial charge in [0.15, 0.2) is 11.5 Å². The summed E-state index contributed by atoms with van der Waals surface area (Å²) in [6, 6.07) is 21.5. The predicted octanol–water partition coefficient (Wildman–Crippen LogP) is 6.47. The molecule has 0 spiro atoms. The van der Waals surface area contributed by atoms with E-state index in [0.29, 0.717) is 45.0 Å². The first-order valence-electron chi connectivity index (χ1n) is 11.1. The van der Waals surface area contributed by atoms with Crippen LogP contribution in [0.4, 0.5) is 5.69 Å². The van der Waals surface area contributed by atoms with Gasteiger partial charge >= 0.3 is 0 Å². The molecule has 0 aliphatic rings. The number of ether oxygens (including phenoxy) is 2. The Bertz CT molecular complexity index is 1500. The summed E-state index contributed by atoms with van der Waals surface area (Å²) in [5, 5.41) is 18.4. The molecule has 7 nitrogen and oxygen atoms in total. The van der Waals surface area contributed by atoms with Crippen molar-refractivity contribution in [1.82, 2.24) is 9.78 Å². The van der Waals surface area contributed by atoms with Crippen molar-refractivity contribution in [2.24, 2.45) is 0 Å². The minimum absolute atomic E-state index is 0.0889. The average molecular weight is 533 g/mol. The van der Waals surface area contributed by atoms with Crippen LogP contribution in [0, 0.1) is 11.3 Å². The first-order valence-corrected chi connectivity index (χ1v) is 11.9. The molecule has 0 unspecified atom stereocenters. The number of hydrogen-bond donors (Lipinski definition) is 1. The number of carbonyl (C=O) groups excluding carboxylic acids is 1. The van der Waals surface area contributed by atoms with Gasteiger partial charge < -0.3 is 14.8 Å². The fourth-order valence-corrected chi connectivity index (χ4v) is 3.99. The van der Waals surface area contributed by atoms with Crippen molar-refractivity contribution < 1.29 is 14.3 Å². The van der Waals surface area contributed by atoms with Gasteiger partial charge in [0.1, 0.15) is 11.6 Å². The molecule has 0 radical (unpaired) electrons. The molecule has 0 aliphatic carbocycles. The highest BCUT2D eigenvalue weighted by Gasteiger charge is 2.17. The highest BCUT2D eigenvalue weighted by Crippen LogP contribution is 2.34. The molecule has 1 aromatic heterocycles. The van der Waals surface area contributed by atoms with Crippen LogP contribution < -0.4 is 14.8 Å². The van der Waals surface area contributed by atoms with E-state index in [2.05, 4.69) is 5.32 Å². The maximum atomic E-state index is 12.9. The summed E-state index contributed by atoms with van der Waals surface area (Å²) in [4.78, 5) is 12.9. The molecule has 3 aromatic carbocycles. The minimum Gasteiger partial charge on any atom is -0.493 e. The summed E-state index contributed by atoms with van der Waals surface area (Å²) in [6.45, 7) is 0.395. The zero-order valence-corrected chi connectivity index (χ0v) is 21.5. The Labute approximate surface area is 224 Å². The van der Waals surface area contributed by atoms with Crippen LogP contribution >= 0.6 is 23.2 Å². The van der Waals surface area contributed by atoms with Crippen molar-refractivity contribution in [3.63, 3.8) is 0 Å². The zero-order valence-electron chi connectivity index (χ0n) is 20.0. The summed E-state index contributed by atoms with van der Waals surface area (Å²) in [7, 11) is 3.11. The van der Waals surface area contributed by atoms with Crippen molar-refractivity contribution in [2.45, 2.75) is 6.54 Å². The Balaban J connectivity index is 1.75. The van der Waals surface area contributed by atoms with Crippen LogP contribution in [0.15, 0.2) is 78.5 Å². The van der Waals surface area contributed by atoms with E-state index >= 15 is 0 Å². The Kier molecular flexibility index (Phi) is 8.14. The summed E-state index contributed by atoms with van der Waals surface area (Å²) in [5.41, 5.74) is 3.15. The quantitative estimate of drug-likeness (QED) is 0.207. The molecule has 0 saturated carbocycles. The van der Waals surface area contributed by atoms with Crippen molar-refractivity contribution in [1.29, 1.82) is 5.26 Å². The summed E-state index contributed by atoms with van der Waals surface area (Å²) in [5.74, 6) is 0.539. The van der Waals surface area contributed by atoms with Crippen molar-refractivity contribution in [3.05, 3.63) is 99.7 Å². The highest BCUT2D eigenvalue weighted by atomic mass is 35.5. The average Bonchev–Trinajstić information content (AvgIpc) is 3.31. The second kappa shape index (κ2) is 11.7. The number of nitrogens with zero attached hydrogens (tertiary/aromatic N) is 3. The van der Waals surface area contributed by atoms with E-state index in [4.69, 9.17) is 37.8 Å². The molecular weight excluding hydrogens is 511 g/mol. The van der Waals surface area contributed by atoms with Crippen molar-refractivity contribution in [2.75, 3.05) is 19.5 Å². The molecular formula is C28H22Cl2N4O3. The van der Waals surface area contributed by atoms with E-state index in [1.54, 1.807) is 61.5 Å². The maximum absolute atomic E-state index is 12.9. The van der Waals surface area contributed by atoms with Gasteiger partial charge in [-0.1, -0.05) is 41.4 Å². The van der Waals surface area contributed by atoms with Gasteiger partial charge in [0, 0.05) is 33.1 Å². The van der Waals surface area contributed by atoms with Gasteiger partial charge in [0.2, 0.25) is 0 Å². The van der Waals surface area contributed by atoms with E-state index in [1.807, 2.05) is 36.4 Å². The molecule has 37 heavy (non-hydrogen) atoms. The summed E-state index contributed by atoms with van der Waals surface area (Å²) < 4.78 is 12.5. The number of anilines is 1. The van der Waals surface area contributed by atoms with Gasteiger partial charge in [-0.3, -0.25) is 9.48 Å². The topological polar surface area (TPSA) is 89.2 Å². The van der Waals surface area contributed by atoms with Gasteiger partial charge in [0.05, 0.1) is 26.5 Å². The lowest BCUT2D eigenvalue weighted by Crippen LogP contribution is -2.13. The van der Waals surface area contributed by atoms with Crippen LogP contribution in [-0.4, -0.2) is 29.9 Å². The fraction of sp³-hybridized carbons (Fsp3) is 0.107. The number of carbonyl (C=O) groups is 1. The van der Waals surface area contributed by atoms with Crippen LogP contribution in [0.1, 0.15) is 11.1 Å². The third kappa shape index (κ3) is 6.12. The lowest BCUT2D eigenvalue weighted by molar-refractivity contribution is -0.112. The number of nitriles is 1. The predicted molar refractivity (Wildman–Crippen MR) is 145 cm³/mol. The lowest BCUT2D eigenvalue weighted by atomic mass is 10.0. The number of rotatable bonds is 8. The fourth-order valence-electron chi connectivity index (χ4n) is 3.67. The molecule has 4 rings (SSSR count). The smallest absolute Gasteiger partial charge is 0.266 e. The summed E-state index contributed by atoms with van der Waals surface area (Å²) >= 11 is 12.3. The number of benzene rings is 3. The number of aromatic nitrogens is 2. The monoisotopic (exact) mass is 532 g/mol.